The van der Waals surface area contributed by atoms with Crippen molar-refractivity contribution in [2.75, 3.05) is 0 Å². The number of hydrogen-bond donors (Lipinski definition) is 0. The van der Waals surface area contributed by atoms with Gasteiger partial charge in [-0.2, -0.15) is 0 Å². The highest BCUT2D eigenvalue weighted by atomic mass is 14.9. The van der Waals surface area contributed by atoms with Gasteiger partial charge in [0.2, 0.25) is 0 Å². The second kappa shape index (κ2) is 24.6. The average molecular weight is 1350 g/mol. The Morgan fingerprint density at radius 3 is 0.840 bits per heavy atom. The van der Waals surface area contributed by atoms with E-state index in [1.165, 1.54) is 100 Å². The molecule has 2 atom stereocenters. The Kier molecular flexibility index (Phi) is 14.2. The Hall–Kier alpha value is -13.5. The molecule has 0 saturated carbocycles. The predicted octanol–water partition coefficient (Wildman–Crippen LogP) is 24.3. The molecule has 17 aromatic rings. The minimum Gasteiger partial charge on any atom is -0.228 e. The lowest BCUT2D eigenvalue weighted by Gasteiger charge is -2.42. The molecule has 106 heavy (non-hydrogen) atoms. The summed E-state index contributed by atoms with van der Waals surface area (Å²) >= 11 is 0. The summed E-state index contributed by atoms with van der Waals surface area (Å²) in [6.07, 6.45) is 0. The number of benzene rings is 15. The second-order valence-electron chi connectivity index (χ2n) is 28.4. The summed E-state index contributed by atoms with van der Waals surface area (Å²) < 4.78 is 0. The van der Waals surface area contributed by atoms with E-state index in [1.807, 2.05) is 0 Å². The third-order valence-corrected chi connectivity index (χ3v) is 23.1. The van der Waals surface area contributed by atoms with Crippen molar-refractivity contribution >= 4 is 0 Å². The molecule has 4 nitrogen and oxygen atoms in total. The molecule has 5 aliphatic carbocycles. The number of fused-ring (bicyclic) bond motifs is 6. The van der Waals surface area contributed by atoms with Crippen molar-refractivity contribution in [2.45, 2.75) is 22.7 Å². The first-order valence-corrected chi connectivity index (χ1v) is 36.7. The van der Waals surface area contributed by atoms with Crippen LogP contribution < -0.4 is 0 Å². The molecule has 2 unspecified atom stereocenters. The molecule has 0 amide bonds. The fraction of sp³-hybridized carbons (Fsp3) is 0.0392. The molecule has 2 aromatic heterocycles. The van der Waals surface area contributed by atoms with Crippen LogP contribution in [0.4, 0.5) is 0 Å². The number of hydrogen-bond acceptors (Lipinski definition) is 4. The first kappa shape index (κ1) is 61.2. The van der Waals surface area contributed by atoms with Gasteiger partial charge < -0.3 is 0 Å². The van der Waals surface area contributed by atoms with E-state index in [1.54, 1.807) is 0 Å². The van der Waals surface area contributed by atoms with E-state index in [9.17, 15) is 0 Å². The molecule has 494 valence electrons. The van der Waals surface area contributed by atoms with Gasteiger partial charge in [0.25, 0.3) is 0 Å². The van der Waals surface area contributed by atoms with Crippen LogP contribution in [-0.4, -0.2) is 19.9 Å². The zero-order chi connectivity index (χ0) is 69.9. The summed E-state index contributed by atoms with van der Waals surface area (Å²) in [5.74, 6) is 1.27. The summed E-state index contributed by atoms with van der Waals surface area (Å²) in [7, 11) is 0. The van der Waals surface area contributed by atoms with E-state index in [-0.39, 0.29) is 11.8 Å². The van der Waals surface area contributed by atoms with Crippen molar-refractivity contribution < 1.29 is 0 Å². The first-order chi connectivity index (χ1) is 52.6. The van der Waals surface area contributed by atoms with Crippen LogP contribution >= 0.6 is 0 Å². The minimum absolute atomic E-state index is 0.0427. The molecule has 0 radical (unpaired) electrons. The van der Waals surface area contributed by atoms with Gasteiger partial charge in [0.15, 0.2) is 11.6 Å². The second-order valence-corrected chi connectivity index (χ2v) is 28.4. The Morgan fingerprint density at radius 1 is 0.179 bits per heavy atom. The minimum atomic E-state index is -0.542. The monoisotopic (exact) mass is 1350 g/mol. The molecule has 0 fully saturated rings. The molecule has 15 aromatic carbocycles. The molecule has 2 bridgehead atoms. The van der Waals surface area contributed by atoms with E-state index < -0.39 is 10.8 Å². The Morgan fingerprint density at radius 2 is 0.462 bits per heavy atom. The van der Waals surface area contributed by atoms with Crippen molar-refractivity contribution in [1.82, 2.24) is 19.9 Å². The molecule has 0 spiro atoms. The standard InChI is InChI=1S/C102H66N4/c1-7-31-65(32-8-1)91-63-93(75-45-21-19-43-73(75)77-51-29-55-89-97(77)83-49-25-27-53-87(83)101(89,69-35-11-3-12-36-69)70-37-13-4-14-38-70)105-99(103-91)67-57-59-81-85(61-67)95-79-47-23-24-48-80(79)96(81)86-62-68(58-60-82(86)95)100-104-92(66-33-9-2-10-34-66)64-94(106-100)76-46-22-20-44-74(76)78-52-30-56-90-98(78)84-50-26-28-54-88(84)102(90,71-39-15-5-16-40-71)72-41-17-6-18-42-72/h1-64,95-96H. The molecule has 5 aliphatic rings. The molecular formula is C102H66N4. The van der Waals surface area contributed by atoms with Crippen LogP contribution in [-0.2, 0) is 10.8 Å². The van der Waals surface area contributed by atoms with Crippen molar-refractivity contribution in [3.8, 4) is 112 Å². The number of nitrogens with zero attached hydrogens (tertiary/aromatic N) is 4. The van der Waals surface area contributed by atoms with E-state index in [0.717, 1.165) is 78.4 Å². The summed E-state index contributed by atoms with van der Waals surface area (Å²) in [4.78, 5) is 22.5. The van der Waals surface area contributed by atoms with Crippen LogP contribution in [0.2, 0.25) is 0 Å². The average Bonchev–Trinajstić information content (AvgIpc) is 1.52. The van der Waals surface area contributed by atoms with Gasteiger partial charge in [-0.1, -0.05) is 364 Å². The highest BCUT2D eigenvalue weighted by Crippen LogP contribution is 2.62. The SMILES string of the molecule is c1ccc(-c2cc(-c3ccccc3-c3cccc4c3-c3ccccc3C4(c3ccccc3)c3ccccc3)nc(-c3ccc4c(c3)C3c5ccccc5C4c4cc(-c5nc(-c6ccccc6)cc(-c6ccccc6-c6cccc7c6-c6ccccc6C7(c6ccccc6)c6ccccc6)n5)ccc43)n2)cc1. The maximum atomic E-state index is 5.70. The number of aromatic nitrogens is 4. The van der Waals surface area contributed by atoms with E-state index in [0.29, 0.717) is 11.6 Å². The molecule has 4 heteroatoms. The lowest BCUT2D eigenvalue weighted by atomic mass is 9.61. The summed E-state index contributed by atoms with van der Waals surface area (Å²) in [5.41, 5.74) is 35.7. The van der Waals surface area contributed by atoms with Gasteiger partial charge in [-0.25, -0.2) is 19.9 Å². The topological polar surface area (TPSA) is 51.6 Å². The quantitative estimate of drug-likeness (QED) is 0.122. The first-order valence-electron chi connectivity index (χ1n) is 36.7. The van der Waals surface area contributed by atoms with Crippen LogP contribution in [0.1, 0.15) is 89.7 Å². The van der Waals surface area contributed by atoms with Gasteiger partial charge in [-0.3, -0.25) is 0 Å². The van der Waals surface area contributed by atoms with Crippen LogP contribution in [0.5, 0.6) is 0 Å². The van der Waals surface area contributed by atoms with Crippen molar-refractivity contribution in [3.63, 3.8) is 0 Å². The molecule has 22 rings (SSSR count). The largest absolute Gasteiger partial charge is 0.228 e. The maximum Gasteiger partial charge on any atom is 0.160 e. The molecule has 0 saturated heterocycles. The number of rotatable bonds is 12. The van der Waals surface area contributed by atoms with E-state index >= 15 is 0 Å². The van der Waals surface area contributed by atoms with Crippen molar-refractivity contribution in [2.24, 2.45) is 0 Å². The van der Waals surface area contributed by atoms with Gasteiger partial charge in [0.05, 0.1) is 33.6 Å². The Balaban J connectivity index is 0.687. The third-order valence-electron chi connectivity index (χ3n) is 23.1. The van der Waals surface area contributed by atoms with Gasteiger partial charge in [-0.05, 0) is 147 Å². The highest BCUT2D eigenvalue weighted by molar-refractivity contribution is 6.01. The Labute approximate surface area is 617 Å². The Bertz CT molecular complexity index is 5860. The van der Waals surface area contributed by atoms with E-state index in [2.05, 4.69) is 388 Å². The van der Waals surface area contributed by atoms with Crippen LogP contribution in [0.25, 0.3) is 112 Å². The van der Waals surface area contributed by atoms with Crippen LogP contribution in [0.15, 0.2) is 388 Å². The van der Waals surface area contributed by atoms with Crippen molar-refractivity contribution in [3.05, 3.63) is 466 Å². The third kappa shape index (κ3) is 9.27. The zero-order valence-electron chi connectivity index (χ0n) is 57.9. The lowest BCUT2D eigenvalue weighted by molar-refractivity contribution is 0.754. The predicted molar refractivity (Wildman–Crippen MR) is 430 cm³/mol. The maximum absolute atomic E-state index is 5.70. The van der Waals surface area contributed by atoms with Crippen molar-refractivity contribution in [1.29, 1.82) is 0 Å². The molecule has 2 heterocycles. The zero-order valence-corrected chi connectivity index (χ0v) is 57.9. The molecular weight excluding hydrogens is 1280 g/mol. The van der Waals surface area contributed by atoms with E-state index in [4.69, 9.17) is 19.9 Å². The molecule has 0 aliphatic heterocycles. The van der Waals surface area contributed by atoms with Crippen LogP contribution in [0, 0.1) is 0 Å². The molecule has 0 N–H and O–H groups in total. The van der Waals surface area contributed by atoms with Gasteiger partial charge in [0, 0.05) is 45.2 Å². The smallest absolute Gasteiger partial charge is 0.160 e. The fourth-order valence-electron chi connectivity index (χ4n) is 18.8. The fourth-order valence-corrected chi connectivity index (χ4v) is 18.8. The summed E-state index contributed by atoms with van der Waals surface area (Å²) in [6.45, 7) is 0. The van der Waals surface area contributed by atoms with Gasteiger partial charge in [-0.15, -0.1) is 0 Å². The van der Waals surface area contributed by atoms with Crippen LogP contribution in [0.3, 0.4) is 0 Å². The highest BCUT2D eigenvalue weighted by Gasteiger charge is 2.49. The van der Waals surface area contributed by atoms with Gasteiger partial charge >= 0.3 is 0 Å². The summed E-state index contributed by atoms with van der Waals surface area (Å²) in [6, 6.07) is 142. The summed E-state index contributed by atoms with van der Waals surface area (Å²) in [5, 5.41) is 0. The normalized spacial score (nSPS) is 14.8. The van der Waals surface area contributed by atoms with Gasteiger partial charge in [0.1, 0.15) is 0 Å². The lowest BCUT2D eigenvalue weighted by Crippen LogP contribution is -2.28.